The second kappa shape index (κ2) is 9.96. The van der Waals surface area contributed by atoms with Crippen LogP contribution >= 0.6 is 0 Å². The normalized spacial score (nSPS) is 10.0. The fraction of sp³-hybridized carbons (Fsp3) is 0.250. The number of esters is 2. The predicted molar refractivity (Wildman–Crippen MR) is 102 cm³/mol. The Kier molecular flexibility index (Phi) is 7.37. The van der Waals surface area contributed by atoms with E-state index in [4.69, 9.17) is 9.47 Å². The summed E-state index contributed by atoms with van der Waals surface area (Å²) >= 11 is 0. The van der Waals surface area contributed by atoms with E-state index >= 15 is 0 Å². The minimum atomic E-state index is -0.449. The van der Waals surface area contributed by atoms with E-state index in [0.717, 1.165) is 0 Å². The molecule has 7 heteroatoms. The number of nitrogens with one attached hydrogen (secondary N) is 2. The first-order valence-electron chi connectivity index (χ1n) is 8.62. The van der Waals surface area contributed by atoms with Gasteiger partial charge in [-0.1, -0.05) is 12.1 Å². The number of carbonyl (C=O) groups excluding carboxylic acids is 3. The number of hydrogen-bond donors (Lipinski definition) is 2. The Morgan fingerprint density at radius 3 is 2.15 bits per heavy atom. The Labute approximate surface area is 157 Å². The lowest BCUT2D eigenvalue weighted by Gasteiger charge is -2.11. The van der Waals surface area contributed by atoms with Gasteiger partial charge in [-0.25, -0.2) is 9.59 Å². The molecular weight excluding hydrogens is 348 g/mol. The summed E-state index contributed by atoms with van der Waals surface area (Å²) in [4.78, 5) is 35.7. The molecule has 0 aromatic heterocycles. The minimum absolute atomic E-state index is 0.0317. The molecular formula is C20H22N2O5. The maximum absolute atomic E-state index is 12.1. The van der Waals surface area contributed by atoms with Crippen molar-refractivity contribution in [3.05, 3.63) is 59.7 Å². The third-order valence-electron chi connectivity index (χ3n) is 3.54. The van der Waals surface area contributed by atoms with Crippen molar-refractivity contribution in [1.29, 1.82) is 0 Å². The standard InChI is InChI=1S/C20H22N2O5/c1-3-26-19(24)14-9-11-15(12-10-14)22-18(23)13-21-17-8-6-5-7-16(17)20(25)27-4-2/h5-12,21H,3-4,13H2,1-2H3,(H,22,23). The first-order valence-corrected chi connectivity index (χ1v) is 8.62. The van der Waals surface area contributed by atoms with Gasteiger partial charge in [0.1, 0.15) is 0 Å². The molecule has 2 aromatic carbocycles. The van der Waals surface area contributed by atoms with E-state index in [9.17, 15) is 14.4 Å². The van der Waals surface area contributed by atoms with Crippen molar-refractivity contribution >= 4 is 29.2 Å². The lowest BCUT2D eigenvalue weighted by molar-refractivity contribution is -0.114. The van der Waals surface area contributed by atoms with Gasteiger partial charge in [0.15, 0.2) is 0 Å². The Morgan fingerprint density at radius 2 is 1.48 bits per heavy atom. The summed E-state index contributed by atoms with van der Waals surface area (Å²) in [5.74, 6) is -1.15. The second-order valence-electron chi connectivity index (χ2n) is 5.47. The van der Waals surface area contributed by atoms with Crippen LogP contribution in [0.25, 0.3) is 0 Å². The molecule has 0 radical (unpaired) electrons. The predicted octanol–water partition coefficient (Wildman–Crippen LogP) is 3.09. The van der Waals surface area contributed by atoms with Gasteiger partial charge in [-0.05, 0) is 50.2 Å². The number of rotatable bonds is 8. The third-order valence-corrected chi connectivity index (χ3v) is 3.54. The zero-order valence-corrected chi connectivity index (χ0v) is 15.3. The SMILES string of the molecule is CCOC(=O)c1ccc(NC(=O)CNc2ccccc2C(=O)OCC)cc1. The molecule has 7 nitrogen and oxygen atoms in total. The molecule has 0 saturated heterocycles. The van der Waals surface area contributed by atoms with E-state index in [-0.39, 0.29) is 19.1 Å². The highest BCUT2D eigenvalue weighted by atomic mass is 16.5. The molecule has 2 rings (SSSR count). The van der Waals surface area contributed by atoms with E-state index in [1.165, 1.54) is 0 Å². The van der Waals surface area contributed by atoms with Crippen molar-refractivity contribution in [3.63, 3.8) is 0 Å². The molecule has 0 aliphatic heterocycles. The monoisotopic (exact) mass is 370 g/mol. The summed E-state index contributed by atoms with van der Waals surface area (Å²) in [6.07, 6.45) is 0. The van der Waals surface area contributed by atoms with Crippen LogP contribution in [0.3, 0.4) is 0 Å². The lowest BCUT2D eigenvalue weighted by Crippen LogP contribution is -2.22. The average Bonchev–Trinajstić information content (AvgIpc) is 2.67. The second-order valence-corrected chi connectivity index (χ2v) is 5.47. The van der Waals surface area contributed by atoms with Gasteiger partial charge in [-0.2, -0.15) is 0 Å². The first-order chi connectivity index (χ1) is 13.0. The fourth-order valence-electron chi connectivity index (χ4n) is 2.31. The highest BCUT2D eigenvalue weighted by Gasteiger charge is 2.13. The summed E-state index contributed by atoms with van der Waals surface area (Å²) in [6, 6.07) is 13.2. The van der Waals surface area contributed by atoms with Gasteiger partial charge in [0.2, 0.25) is 5.91 Å². The fourth-order valence-corrected chi connectivity index (χ4v) is 2.31. The van der Waals surface area contributed by atoms with E-state index in [2.05, 4.69) is 10.6 Å². The summed E-state index contributed by atoms with van der Waals surface area (Å²) in [6.45, 7) is 4.01. The highest BCUT2D eigenvalue weighted by molar-refractivity contribution is 5.98. The number of carbonyl (C=O) groups is 3. The molecule has 0 aliphatic carbocycles. The van der Waals surface area contributed by atoms with Crippen LogP contribution in [0.15, 0.2) is 48.5 Å². The van der Waals surface area contributed by atoms with Crippen LogP contribution in [0.1, 0.15) is 34.6 Å². The average molecular weight is 370 g/mol. The topological polar surface area (TPSA) is 93.7 Å². The van der Waals surface area contributed by atoms with Crippen LogP contribution in [-0.4, -0.2) is 37.6 Å². The molecule has 0 atom stereocenters. The van der Waals surface area contributed by atoms with Crippen LogP contribution in [0.5, 0.6) is 0 Å². The molecule has 2 aromatic rings. The molecule has 0 heterocycles. The minimum Gasteiger partial charge on any atom is -0.462 e. The lowest BCUT2D eigenvalue weighted by atomic mass is 10.2. The number of ether oxygens (including phenoxy) is 2. The smallest absolute Gasteiger partial charge is 0.340 e. The summed E-state index contributed by atoms with van der Waals surface area (Å²) in [7, 11) is 0. The number of anilines is 2. The zero-order chi connectivity index (χ0) is 19.6. The molecule has 27 heavy (non-hydrogen) atoms. The van der Waals surface area contributed by atoms with Crippen LogP contribution in [0.4, 0.5) is 11.4 Å². The molecule has 0 saturated carbocycles. The highest BCUT2D eigenvalue weighted by Crippen LogP contribution is 2.16. The molecule has 0 spiro atoms. The van der Waals surface area contributed by atoms with Gasteiger partial charge in [-0.15, -0.1) is 0 Å². The van der Waals surface area contributed by atoms with Crippen molar-refractivity contribution in [2.75, 3.05) is 30.4 Å². The van der Waals surface area contributed by atoms with E-state index < -0.39 is 11.9 Å². The summed E-state index contributed by atoms with van der Waals surface area (Å²) in [5, 5.41) is 5.65. The van der Waals surface area contributed by atoms with Crippen LogP contribution in [-0.2, 0) is 14.3 Å². The summed E-state index contributed by atoms with van der Waals surface area (Å²) in [5.41, 5.74) is 1.85. The molecule has 0 bridgehead atoms. The van der Waals surface area contributed by atoms with E-state index in [0.29, 0.717) is 29.1 Å². The Morgan fingerprint density at radius 1 is 0.852 bits per heavy atom. The summed E-state index contributed by atoms with van der Waals surface area (Å²) < 4.78 is 9.91. The van der Waals surface area contributed by atoms with E-state index in [1.54, 1.807) is 62.4 Å². The quantitative estimate of drug-likeness (QED) is 0.694. The number of para-hydroxylation sites is 1. The van der Waals surface area contributed by atoms with Gasteiger partial charge >= 0.3 is 11.9 Å². The van der Waals surface area contributed by atoms with Gasteiger partial charge in [0.05, 0.1) is 30.9 Å². The molecule has 142 valence electrons. The number of amides is 1. The van der Waals surface area contributed by atoms with Gasteiger partial charge in [-0.3, -0.25) is 4.79 Å². The number of benzene rings is 2. The molecule has 0 aliphatic rings. The van der Waals surface area contributed by atoms with Crippen molar-refractivity contribution in [2.24, 2.45) is 0 Å². The first kappa shape index (κ1) is 20.0. The Hall–Kier alpha value is -3.35. The van der Waals surface area contributed by atoms with Crippen LogP contribution in [0, 0.1) is 0 Å². The van der Waals surface area contributed by atoms with E-state index in [1.807, 2.05) is 0 Å². The maximum atomic E-state index is 12.1. The Balaban J connectivity index is 1.93. The van der Waals surface area contributed by atoms with Crippen molar-refractivity contribution < 1.29 is 23.9 Å². The Bertz CT molecular complexity index is 802. The van der Waals surface area contributed by atoms with Crippen LogP contribution < -0.4 is 10.6 Å². The van der Waals surface area contributed by atoms with Crippen molar-refractivity contribution in [2.45, 2.75) is 13.8 Å². The third kappa shape index (κ3) is 5.85. The number of hydrogen-bond acceptors (Lipinski definition) is 6. The van der Waals surface area contributed by atoms with Gasteiger partial charge in [0, 0.05) is 11.4 Å². The maximum Gasteiger partial charge on any atom is 0.340 e. The molecule has 0 fully saturated rings. The zero-order valence-electron chi connectivity index (χ0n) is 15.3. The molecule has 0 unspecified atom stereocenters. The van der Waals surface area contributed by atoms with Gasteiger partial charge < -0.3 is 20.1 Å². The largest absolute Gasteiger partial charge is 0.462 e. The molecule has 2 N–H and O–H groups in total. The van der Waals surface area contributed by atoms with Crippen LogP contribution in [0.2, 0.25) is 0 Å². The van der Waals surface area contributed by atoms with Crippen molar-refractivity contribution in [3.8, 4) is 0 Å². The van der Waals surface area contributed by atoms with Crippen molar-refractivity contribution in [1.82, 2.24) is 0 Å². The molecule has 1 amide bonds. The van der Waals surface area contributed by atoms with Gasteiger partial charge in [0.25, 0.3) is 0 Å².